The van der Waals surface area contributed by atoms with Gasteiger partial charge in [0.15, 0.2) is 12.7 Å². The van der Waals surface area contributed by atoms with Gasteiger partial charge in [0.05, 0.1) is 0 Å². The van der Waals surface area contributed by atoms with E-state index in [1.807, 2.05) is 0 Å². The molecule has 2 aromatic carbocycles. The van der Waals surface area contributed by atoms with Crippen LogP contribution in [0.3, 0.4) is 0 Å². The van der Waals surface area contributed by atoms with Crippen molar-refractivity contribution in [2.24, 2.45) is 0 Å². The number of aromatic nitrogens is 1. The number of aryl methyl sites for hydroxylation is 1. The van der Waals surface area contributed by atoms with Gasteiger partial charge in [-0.15, -0.1) is 0 Å². The van der Waals surface area contributed by atoms with E-state index in [2.05, 4.69) is 78.4 Å². The summed E-state index contributed by atoms with van der Waals surface area (Å²) in [5.74, 6) is 0. The SMILES string of the molecule is Cc1cc[n+](Cc2ccccc2)c2ccccc12.[Br-]. The van der Waals surface area contributed by atoms with Crippen molar-refractivity contribution in [3.63, 3.8) is 0 Å². The van der Waals surface area contributed by atoms with E-state index in [0.29, 0.717) is 0 Å². The summed E-state index contributed by atoms with van der Waals surface area (Å²) in [6.45, 7) is 3.08. The highest BCUT2D eigenvalue weighted by molar-refractivity contribution is 5.78. The number of rotatable bonds is 2. The molecule has 0 unspecified atom stereocenters. The molecule has 96 valence electrons. The van der Waals surface area contributed by atoms with Crippen molar-refractivity contribution in [2.75, 3.05) is 0 Å². The third-order valence-electron chi connectivity index (χ3n) is 3.34. The number of benzene rings is 2. The van der Waals surface area contributed by atoms with Crippen molar-refractivity contribution in [2.45, 2.75) is 13.5 Å². The first-order valence-electron chi connectivity index (χ1n) is 6.26. The maximum absolute atomic E-state index is 2.30. The van der Waals surface area contributed by atoms with Crippen molar-refractivity contribution in [3.05, 3.63) is 78.0 Å². The van der Waals surface area contributed by atoms with Crippen LogP contribution >= 0.6 is 0 Å². The molecule has 0 radical (unpaired) electrons. The average Bonchev–Trinajstić information content (AvgIpc) is 2.44. The molecule has 2 heteroatoms. The Morgan fingerprint density at radius 1 is 0.842 bits per heavy atom. The highest BCUT2D eigenvalue weighted by atomic mass is 79.9. The Morgan fingerprint density at radius 3 is 2.32 bits per heavy atom. The zero-order valence-corrected chi connectivity index (χ0v) is 12.5. The molecule has 0 saturated carbocycles. The van der Waals surface area contributed by atoms with Gasteiger partial charge in [0.25, 0.3) is 0 Å². The van der Waals surface area contributed by atoms with E-state index in [4.69, 9.17) is 0 Å². The van der Waals surface area contributed by atoms with E-state index >= 15 is 0 Å². The van der Waals surface area contributed by atoms with Gasteiger partial charge in [0.2, 0.25) is 5.52 Å². The van der Waals surface area contributed by atoms with Gasteiger partial charge >= 0.3 is 0 Å². The van der Waals surface area contributed by atoms with Crippen LogP contribution in [0.5, 0.6) is 0 Å². The third kappa shape index (κ3) is 2.85. The smallest absolute Gasteiger partial charge is 0.213 e. The lowest BCUT2D eigenvalue weighted by Gasteiger charge is -2.03. The standard InChI is InChI=1S/C17H16N.BrH/c1-14-11-12-18(13-15-7-3-2-4-8-15)17-10-6-5-9-16(14)17;/h2-12H,13H2,1H3;1H/q+1;/p-1. The summed E-state index contributed by atoms with van der Waals surface area (Å²) < 4.78 is 2.30. The van der Waals surface area contributed by atoms with E-state index in [9.17, 15) is 0 Å². The van der Waals surface area contributed by atoms with E-state index in [0.717, 1.165) is 6.54 Å². The molecular weight excluding hydrogens is 298 g/mol. The molecule has 1 aromatic heterocycles. The van der Waals surface area contributed by atoms with Crippen LogP contribution in [0.4, 0.5) is 0 Å². The largest absolute Gasteiger partial charge is 1.00 e. The molecular formula is C17H16BrN. The summed E-state index contributed by atoms with van der Waals surface area (Å²) in [7, 11) is 0. The summed E-state index contributed by atoms with van der Waals surface area (Å²) in [4.78, 5) is 0. The fourth-order valence-corrected chi connectivity index (χ4v) is 2.35. The molecule has 0 aliphatic rings. The molecule has 0 atom stereocenters. The number of pyridine rings is 1. The lowest BCUT2D eigenvalue weighted by atomic mass is 10.1. The van der Waals surface area contributed by atoms with Crippen LogP contribution in [0.15, 0.2) is 66.9 Å². The van der Waals surface area contributed by atoms with Crippen LogP contribution in [0.25, 0.3) is 10.9 Å². The molecule has 0 spiro atoms. The van der Waals surface area contributed by atoms with Crippen LogP contribution in [0, 0.1) is 6.92 Å². The minimum absolute atomic E-state index is 0. The zero-order chi connectivity index (χ0) is 12.4. The van der Waals surface area contributed by atoms with Crippen molar-refractivity contribution in [1.29, 1.82) is 0 Å². The Labute approximate surface area is 124 Å². The van der Waals surface area contributed by atoms with Gasteiger partial charge in [0, 0.05) is 23.1 Å². The summed E-state index contributed by atoms with van der Waals surface area (Å²) in [5.41, 5.74) is 3.95. The maximum Gasteiger partial charge on any atom is 0.213 e. The van der Waals surface area contributed by atoms with Crippen molar-refractivity contribution >= 4 is 10.9 Å². The average molecular weight is 314 g/mol. The van der Waals surface area contributed by atoms with Gasteiger partial charge < -0.3 is 17.0 Å². The van der Waals surface area contributed by atoms with Crippen LogP contribution < -0.4 is 21.5 Å². The molecule has 0 aliphatic heterocycles. The van der Waals surface area contributed by atoms with Gasteiger partial charge in [-0.25, -0.2) is 0 Å². The summed E-state index contributed by atoms with van der Waals surface area (Å²) >= 11 is 0. The van der Waals surface area contributed by atoms with Crippen LogP contribution in [0.2, 0.25) is 0 Å². The highest BCUT2D eigenvalue weighted by Gasteiger charge is 2.10. The van der Waals surface area contributed by atoms with E-state index < -0.39 is 0 Å². The lowest BCUT2D eigenvalue weighted by molar-refractivity contribution is -0.662. The second kappa shape index (κ2) is 5.98. The Bertz CT molecular complexity index is 677. The zero-order valence-electron chi connectivity index (χ0n) is 10.9. The Kier molecular flexibility index (Phi) is 4.33. The maximum atomic E-state index is 2.30. The number of fused-ring (bicyclic) bond motifs is 1. The third-order valence-corrected chi connectivity index (χ3v) is 3.34. The fraction of sp³-hybridized carbons (Fsp3) is 0.118. The number of nitrogens with zero attached hydrogens (tertiary/aromatic N) is 1. The highest BCUT2D eigenvalue weighted by Crippen LogP contribution is 2.14. The first-order chi connectivity index (χ1) is 8.84. The van der Waals surface area contributed by atoms with Crippen LogP contribution in [0.1, 0.15) is 11.1 Å². The summed E-state index contributed by atoms with van der Waals surface area (Å²) in [6.07, 6.45) is 2.17. The fourth-order valence-electron chi connectivity index (χ4n) is 2.35. The van der Waals surface area contributed by atoms with Gasteiger partial charge in [-0.05, 0) is 18.6 Å². The second-order valence-electron chi connectivity index (χ2n) is 4.63. The summed E-state index contributed by atoms with van der Waals surface area (Å²) in [5, 5.41) is 1.33. The van der Waals surface area contributed by atoms with Crippen molar-refractivity contribution in [1.82, 2.24) is 0 Å². The first-order valence-corrected chi connectivity index (χ1v) is 6.26. The predicted molar refractivity (Wildman–Crippen MR) is 74.4 cm³/mol. The van der Waals surface area contributed by atoms with Gasteiger partial charge in [-0.1, -0.05) is 42.5 Å². The van der Waals surface area contributed by atoms with Crippen LogP contribution in [-0.4, -0.2) is 0 Å². The van der Waals surface area contributed by atoms with E-state index in [-0.39, 0.29) is 17.0 Å². The number of hydrogen-bond acceptors (Lipinski definition) is 0. The van der Waals surface area contributed by atoms with Gasteiger partial charge in [-0.3, -0.25) is 0 Å². The molecule has 0 bridgehead atoms. The normalized spacial score (nSPS) is 10.2. The monoisotopic (exact) mass is 313 g/mol. The second-order valence-corrected chi connectivity index (χ2v) is 4.63. The molecule has 0 saturated heterocycles. The van der Waals surface area contributed by atoms with Crippen molar-refractivity contribution in [3.8, 4) is 0 Å². The predicted octanol–water partition coefficient (Wildman–Crippen LogP) is 0.488. The first kappa shape index (κ1) is 13.8. The molecule has 0 fully saturated rings. The number of hydrogen-bond donors (Lipinski definition) is 0. The quantitative estimate of drug-likeness (QED) is 0.606. The van der Waals surface area contributed by atoms with Crippen LogP contribution in [-0.2, 0) is 6.54 Å². The molecule has 0 amide bonds. The Balaban J connectivity index is 0.00000133. The molecule has 0 aliphatic carbocycles. The summed E-state index contributed by atoms with van der Waals surface area (Å²) in [6, 6.07) is 21.3. The minimum atomic E-state index is 0. The molecule has 19 heavy (non-hydrogen) atoms. The Morgan fingerprint density at radius 2 is 1.53 bits per heavy atom. The van der Waals surface area contributed by atoms with Gasteiger partial charge in [-0.2, -0.15) is 4.57 Å². The molecule has 1 nitrogen and oxygen atoms in total. The molecule has 0 N–H and O–H groups in total. The molecule has 3 rings (SSSR count). The molecule has 1 heterocycles. The molecule has 3 aromatic rings. The number of para-hydroxylation sites is 1. The van der Waals surface area contributed by atoms with E-state index in [1.54, 1.807) is 0 Å². The topological polar surface area (TPSA) is 3.88 Å². The van der Waals surface area contributed by atoms with E-state index in [1.165, 1.54) is 22.0 Å². The lowest BCUT2D eigenvalue weighted by Crippen LogP contribution is -3.00. The minimum Gasteiger partial charge on any atom is -1.00 e. The van der Waals surface area contributed by atoms with Gasteiger partial charge in [0.1, 0.15) is 0 Å². The van der Waals surface area contributed by atoms with Crippen molar-refractivity contribution < 1.29 is 21.5 Å². The Hall–Kier alpha value is -1.67. The number of halogens is 1.